The van der Waals surface area contributed by atoms with Crippen molar-refractivity contribution in [3.05, 3.63) is 60.7 Å². The molecule has 0 bridgehead atoms. The third-order valence-electron chi connectivity index (χ3n) is 4.30. The molecule has 0 aliphatic carbocycles. The number of aryl methyl sites for hydroxylation is 1. The fourth-order valence-electron chi connectivity index (χ4n) is 3.17. The minimum atomic E-state index is 0.258. The molecule has 0 fully saturated rings. The lowest BCUT2D eigenvalue weighted by Crippen LogP contribution is -1.92. The predicted molar refractivity (Wildman–Crippen MR) is 91.9 cm³/mol. The molecule has 108 valence electrons. The van der Waals surface area contributed by atoms with Crippen LogP contribution < -0.4 is 5.73 Å². The van der Waals surface area contributed by atoms with Crippen LogP contribution in [0.2, 0.25) is 0 Å². The van der Waals surface area contributed by atoms with E-state index in [0.29, 0.717) is 0 Å². The Bertz CT molecular complexity index is 997. The number of aromatic hydroxyl groups is 1. The van der Waals surface area contributed by atoms with Crippen molar-refractivity contribution in [2.45, 2.75) is 0 Å². The molecule has 22 heavy (non-hydrogen) atoms. The normalized spacial score (nSPS) is 11.3. The van der Waals surface area contributed by atoms with Gasteiger partial charge in [0.1, 0.15) is 5.75 Å². The summed E-state index contributed by atoms with van der Waals surface area (Å²) in [5.41, 5.74) is 11.6. The van der Waals surface area contributed by atoms with E-state index >= 15 is 0 Å². The second kappa shape index (κ2) is 4.53. The van der Waals surface area contributed by atoms with Gasteiger partial charge in [-0.2, -0.15) is 0 Å². The molecule has 3 aromatic carbocycles. The standard InChI is InChI=1S/C19H16N2O/c1-21-16-5-3-2-4-15(16)18-17(21)11-10-14(19(18)20)12-6-8-13(22)9-7-12/h2-11,22H,20H2,1H3. The summed E-state index contributed by atoms with van der Waals surface area (Å²) in [6, 6.07) is 19.6. The fraction of sp³-hybridized carbons (Fsp3) is 0.0526. The quantitative estimate of drug-likeness (QED) is 0.513. The molecule has 0 saturated carbocycles. The molecular formula is C19H16N2O. The highest BCUT2D eigenvalue weighted by Crippen LogP contribution is 2.38. The molecular weight excluding hydrogens is 272 g/mol. The van der Waals surface area contributed by atoms with E-state index in [4.69, 9.17) is 5.73 Å². The molecule has 0 aliphatic heterocycles. The summed E-state index contributed by atoms with van der Waals surface area (Å²) < 4.78 is 2.17. The van der Waals surface area contributed by atoms with Crippen LogP contribution in [0.15, 0.2) is 60.7 Å². The van der Waals surface area contributed by atoms with Crippen LogP contribution >= 0.6 is 0 Å². The van der Waals surface area contributed by atoms with Crippen molar-refractivity contribution in [1.29, 1.82) is 0 Å². The number of nitrogens with two attached hydrogens (primary N) is 1. The first-order valence-electron chi connectivity index (χ1n) is 7.22. The van der Waals surface area contributed by atoms with Crippen molar-refractivity contribution < 1.29 is 5.11 Å². The summed E-state index contributed by atoms with van der Waals surface area (Å²) in [6.07, 6.45) is 0. The Morgan fingerprint density at radius 3 is 2.36 bits per heavy atom. The highest BCUT2D eigenvalue weighted by atomic mass is 16.3. The van der Waals surface area contributed by atoms with Crippen molar-refractivity contribution in [2.75, 3.05) is 5.73 Å². The van der Waals surface area contributed by atoms with Crippen LogP contribution in [-0.4, -0.2) is 9.67 Å². The highest BCUT2D eigenvalue weighted by Gasteiger charge is 2.13. The Hall–Kier alpha value is -2.94. The summed E-state index contributed by atoms with van der Waals surface area (Å²) >= 11 is 0. The summed E-state index contributed by atoms with van der Waals surface area (Å²) in [5, 5.41) is 11.7. The number of fused-ring (bicyclic) bond motifs is 3. The number of anilines is 1. The average Bonchev–Trinajstić information content (AvgIpc) is 2.83. The molecule has 4 aromatic rings. The molecule has 3 nitrogen and oxygen atoms in total. The lowest BCUT2D eigenvalue weighted by atomic mass is 10.00. The molecule has 1 heterocycles. The van der Waals surface area contributed by atoms with E-state index in [1.807, 2.05) is 30.3 Å². The first kappa shape index (κ1) is 12.8. The SMILES string of the molecule is Cn1c2ccccc2c2c(N)c(-c3ccc(O)cc3)ccc21. The van der Waals surface area contributed by atoms with E-state index in [1.165, 1.54) is 5.52 Å². The molecule has 4 rings (SSSR count). The van der Waals surface area contributed by atoms with Gasteiger partial charge in [-0.3, -0.25) is 0 Å². The lowest BCUT2D eigenvalue weighted by Gasteiger charge is -2.08. The van der Waals surface area contributed by atoms with Gasteiger partial charge in [0, 0.05) is 34.6 Å². The topological polar surface area (TPSA) is 51.2 Å². The van der Waals surface area contributed by atoms with Crippen LogP contribution in [0.1, 0.15) is 0 Å². The molecule has 0 radical (unpaired) electrons. The molecule has 0 atom stereocenters. The lowest BCUT2D eigenvalue weighted by molar-refractivity contribution is 0.475. The van der Waals surface area contributed by atoms with Crippen LogP contribution in [-0.2, 0) is 7.05 Å². The summed E-state index contributed by atoms with van der Waals surface area (Å²) in [7, 11) is 2.06. The number of rotatable bonds is 1. The Balaban J connectivity index is 2.09. The van der Waals surface area contributed by atoms with Crippen molar-refractivity contribution in [2.24, 2.45) is 7.05 Å². The summed E-state index contributed by atoms with van der Waals surface area (Å²) in [5.74, 6) is 0.258. The van der Waals surface area contributed by atoms with E-state index in [2.05, 4.69) is 29.8 Å². The number of hydrogen-bond donors (Lipinski definition) is 2. The molecule has 0 saturated heterocycles. The highest BCUT2D eigenvalue weighted by molar-refractivity contribution is 6.16. The summed E-state index contributed by atoms with van der Waals surface area (Å²) in [4.78, 5) is 0. The molecule has 3 heteroatoms. The Morgan fingerprint density at radius 2 is 1.59 bits per heavy atom. The van der Waals surface area contributed by atoms with E-state index in [-0.39, 0.29) is 5.75 Å². The molecule has 0 amide bonds. The number of nitrogen functional groups attached to an aromatic ring is 1. The smallest absolute Gasteiger partial charge is 0.115 e. The molecule has 0 unspecified atom stereocenters. The first-order chi connectivity index (χ1) is 10.7. The maximum Gasteiger partial charge on any atom is 0.115 e. The Morgan fingerprint density at radius 1 is 0.864 bits per heavy atom. The van der Waals surface area contributed by atoms with Crippen LogP contribution in [0.4, 0.5) is 5.69 Å². The van der Waals surface area contributed by atoms with Gasteiger partial charge >= 0.3 is 0 Å². The minimum Gasteiger partial charge on any atom is -0.508 e. The van der Waals surface area contributed by atoms with Gasteiger partial charge in [-0.15, -0.1) is 0 Å². The zero-order valence-corrected chi connectivity index (χ0v) is 12.2. The zero-order valence-electron chi connectivity index (χ0n) is 12.2. The van der Waals surface area contributed by atoms with Gasteiger partial charge < -0.3 is 15.4 Å². The number of phenols is 1. The number of phenolic OH excluding ortho intramolecular Hbond substituents is 1. The van der Waals surface area contributed by atoms with E-state index in [0.717, 1.165) is 33.1 Å². The maximum absolute atomic E-state index is 9.45. The molecule has 3 N–H and O–H groups in total. The maximum atomic E-state index is 9.45. The third-order valence-corrected chi connectivity index (χ3v) is 4.30. The largest absolute Gasteiger partial charge is 0.508 e. The van der Waals surface area contributed by atoms with Crippen molar-refractivity contribution in [3.8, 4) is 16.9 Å². The second-order valence-corrected chi connectivity index (χ2v) is 5.54. The summed E-state index contributed by atoms with van der Waals surface area (Å²) in [6.45, 7) is 0. The Kier molecular flexibility index (Phi) is 2.63. The van der Waals surface area contributed by atoms with E-state index < -0.39 is 0 Å². The van der Waals surface area contributed by atoms with Gasteiger partial charge in [0.05, 0.1) is 5.52 Å². The van der Waals surface area contributed by atoms with Crippen LogP contribution in [0.3, 0.4) is 0 Å². The van der Waals surface area contributed by atoms with Gasteiger partial charge in [-0.1, -0.05) is 36.4 Å². The second-order valence-electron chi connectivity index (χ2n) is 5.54. The predicted octanol–water partition coefficient (Wildman–Crippen LogP) is 4.29. The monoisotopic (exact) mass is 288 g/mol. The van der Waals surface area contributed by atoms with Crippen molar-refractivity contribution >= 4 is 27.5 Å². The number of para-hydroxylation sites is 1. The van der Waals surface area contributed by atoms with Crippen molar-refractivity contribution in [1.82, 2.24) is 4.57 Å². The molecule has 0 spiro atoms. The first-order valence-corrected chi connectivity index (χ1v) is 7.22. The van der Waals surface area contributed by atoms with Crippen molar-refractivity contribution in [3.63, 3.8) is 0 Å². The van der Waals surface area contributed by atoms with E-state index in [1.54, 1.807) is 12.1 Å². The molecule has 1 aromatic heterocycles. The third kappa shape index (κ3) is 1.69. The number of aromatic nitrogens is 1. The average molecular weight is 288 g/mol. The minimum absolute atomic E-state index is 0.258. The van der Waals surface area contributed by atoms with Gasteiger partial charge in [-0.25, -0.2) is 0 Å². The zero-order chi connectivity index (χ0) is 15.3. The molecule has 0 aliphatic rings. The number of benzene rings is 3. The number of nitrogens with zero attached hydrogens (tertiary/aromatic N) is 1. The Labute approximate surface area is 128 Å². The number of hydrogen-bond acceptors (Lipinski definition) is 2. The van der Waals surface area contributed by atoms with Crippen LogP contribution in [0.25, 0.3) is 32.9 Å². The van der Waals surface area contributed by atoms with Gasteiger partial charge in [0.25, 0.3) is 0 Å². The van der Waals surface area contributed by atoms with Gasteiger partial charge in [0.2, 0.25) is 0 Å². The van der Waals surface area contributed by atoms with Crippen LogP contribution in [0, 0.1) is 0 Å². The fourth-order valence-corrected chi connectivity index (χ4v) is 3.17. The van der Waals surface area contributed by atoms with Gasteiger partial charge in [0.15, 0.2) is 0 Å². The van der Waals surface area contributed by atoms with E-state index in [9.17, 15) is 5.11 Å². The van der Waals surface area contributed by atoms with Gasteiger partial charge in [-0.05, 0) is 29.8 Å². The van der Waals surface area contributed by atoms with Crippen LogP contribution in [0.5, 0.6) is 5.75 Å².